The number of hydrogen-bond donors (Lipinski definition) is 2. The van der Waals surface area contributed by atoms with Crippen molar-refractivity contribution < 1.29 is 0 Å². The first-order valence-electron chi connectivity index (χ1n) is 3.67. The average Bonchev–Trinajstić information content (AvgIpc) is 2.29. The molecule has 0 amide bonds. The zero-order valence-electron chi connectivity index (χ0n) is 7.13. The van der Waals surface area contributed by atoms with Crippen molar-refractivity contribution >= 4 is 11.6 Å². The molecule has 12 heavy (non-hydrogen) atoms. The summed E-state index contributed by atoms with van der Waals surface area (Å²) in [6.45, 7) is 2.66. The van der Waals surface area contributed by atoms with Crippen LogP contribution in [0.2, 0.25) is 0 Å². The predicted octanol–water partition coefficient (Wildman–Crippen LogP) is 0.306. The maximum Gasteiger partial charge on any atom is 0.168 e. The second kappa shape index (κ2) is 3.13. The Kier molecular flexibility index (Phi) is 2.19. The minimum absolute atomic E-state index is 0.397. The number of anilines is 2. The van der Waals surface area contributed by atoms with Gasteiger partial charge in [-0.25, -0.2) is 4.68 Å². The minimum atomic E-state index is 0.397. The zero-order chi connectivity index (χ0) is 9.14. The van der Waals surface area contributed by atoms with Gasteiger partial charge in [0, 0.05) is 13.6 Å². The fourth-order valence-corrected chi connectivity index (χ4v) is 0.938. The second-order valence-corrected chi connectivity index (χ2v) is 2.37. The maximum absolute atomic E-state index is 8.72. The summed E-state index contributed by atoms with van der Waals surface area (Å²) < 4.78 is 1.48. The fraction of sp³-hybridized carbons (Fsp3) is 0.429. The molecule has 0 unspecified atom stereocenters. The van der Waals surface area contributed by atoms with E-state index in [2.05, 4.69) is 10.4 Å². The molecule has 0 atom stereocenters. The lowest BCUT2D eigenvalue weighted by molar-refractivity contribution is 0.780. The van der Waals surface area contributed by atoms with Crippen molar-refractivity contribution in [2.45, 2.75) is 6.92 Å². The highest BCUT2D eigenvalue weighted by atomic mass is 15.3. The second-order valence-electron chi connectivity index (χ2n) is 2.37. The van der Waals surface area contributed by atoms with Gasteiger partial charge in [-0.3, -0.25) is 0 Å². The van der Waals surface area contributed by atoms with Gasteiger partial charge in [0.1, 0.15) is 17.5 Å². The number of nitrogens with zero attached hydrogens (tertiary/aromatic N) is 3. The summed E-state index contributed by atoms with van der Waals surface area (Å²) in [6.07, 6.45) is 0. The molecule has 0 radical (unpaired) electrons. The van der Waals surface area contributed by atoms with Gasteiger partial charge in [-0.05, 0) is 6.92 Å². The third kappa shape index (κ3) is 1.19. The first-order valence-corrected chi connectivity index (χ1v) is 3.67. The third-order valence-electron chi connectivity index (χ3n) is 1.55. The minimum Gasteiger partial charge on any atom is -0.383 e. The van der Waals surface area contributed by atoms with Crippen molar-refractivity contribution in [3.63, 3.8) is 0 Å². The highest BCUT2D eigenvalue weighted by molar-refractivity contribution is 5.63. The van der Waals surface area contributed by atoms with Gasteiger partial charge in [0.2, 0.25) is 0 Å². The van der Waals surface area contributed by atoms with Crippen molar-refractivity contribution in [2.75, 3.05) is 17.6 Å². The molecular weight excluding hydrogens is 154 g/mol. The molecule has 1 rings (SSSR count). The summed E-state index contributed by atoms with van der Waals surface area (Å²) >= 11 is 0. The molecule has 0 saturated heterocycles. The van der Waals surface area contributed by atoms with Crippen LogP contribution in [-0.2, 0) is 7.05 Å². The number of nitriles is 1. The summed E-state index contributed by atoms with van der Waals surface area (Å²) in [5, 5.41) is 15.7. The molecule has 1 heterocycles. The van der Waals surface area contributed by atoms with E-state index >= 15 is 0 Å². The number of aromatic nitrogens is 2. The van der Waals surface area contributed by atoms with E-state index in [1.54, 1.807) is 7.05 Å². The van der Waals surface area contributed by atoms with Gasteiger partial charge >= 0.3 is 0 Å². The number of nitrogen functional groups attached to an aromatic ring is 1. The van der Waals surface area contributed by atoms with Crippen LogP contribution in [-0.4, -0.2) is 16.3 Å². The summed E-state index contributed by atoms with van der Waals surface area (Å²) in [7, 11) is 1.71. The number of rotatable bonds is 2. The Balaban J connectivity index is 3.13. The van der Waals surface area contributed by atoms with Crippen LogP contribution in [0, 0.1) is 11.3 Å². The smallest absolute Gasteiger partial charge is 0.168 e. The lowest BCUT2D eigenvalue weighted by atomic mass is 10.3. The van der Waals surface area contributed by atoms with Gasteiger partial charge in [0.15, 0.2) is 5.82 Å². The first-order chi connectivity index (χ1) is 5.70. The molecule has 0 aromatic carbocycles. The van der Waals surface area contributed by atoms with Crippen molar-refractivity contribution in [3.05, 3.63) is 5.56 Å². The maximum atomic E-state index is 8.72. The number of hydrogen-bond acceptors (Lipinski definition) is 4. The van der Waals surface area contributed by atoms with Gasteiger partial charge in [-0.1, -0.05) is 0 Å². The van der Waals surface area contributed by atoms with Crippen molar-refractivity contribution in [1.29, 1.82) is 5.26 Å². The standard InChI is InChI=1S/C7H11N5/c1-3-10-7-5(4-8)6(9)12(2)11-7/h3,9H2,1-2H3,(H,10,11). The van der Waals surface area contributed by atoms with Gasteiger partial charge in [-0.2, -0.15) is 10.4 Å². The quantitative estimate of drug-likeness (QED) is 0.660. The molecule has 0 spiro atoms. The van der Waals surface area contributed by atoms with Gasteiger partial charge < -0.3 is 11.1 Å². The zero-order valence-corrected chi connectivity index (χ0v) is 7.13. The van der Waals surface area contributed by atoms with Crippen LogP contribution in [0.4, 0.5) is 11.6 Å². The van der Waals surface area contributed by atoms with Crippen molar-refractivity contribution in [1.82, 2.24) is 9.78 Å². The van der Waals surface area contributed by atoms with E-state index in [1.807, 2.05) is 13.0 Å². The van der Waals surface area contributed by atoms with Gasteiger partial charge in [0.25, 0.3) is 0 Å². The monoisotopic (exact) mass is 165 g/mol. The normalized spacial score (nSPS) is 9.42. The molecule has 5 nitrogen and oxygen atoms in total. The highest BCUT2D eigenvalue weighted by Gasteiger charge is 2.11. The topological polar surface area (TPSA) is 79.7 Å². The third-order valence-corrected chi connectivity index (χ3v) is 1.55. The molecule has 64 valence electrons. The van der Waals surface area contributed by atoms with E-state index < -0.39 is 0 Å². The molecule has 0 saturated carbocycles. The van der Waals surface area contributed by atoms with E-state index in [0.29, 0.717) is 17.2 Å². The van der Waals surface area contributed by atoms with Crippen LogP contribution in [0.1, 0.15) is 12.5 Å². The molecule has 0 bridgehead atoms. The lowest BCUT2D eigenvalue weighted by Crippen LogP contribution is -1.99. The highest BCUT2D eigenvalue weighted by Crippen LogP contribution is 2.18. The van der Waals surface area contributed by atoms with E-state index in [1.165, 1.54) is 4.68 Å². The number of aryl methyl sites for hydroxylation is 1. The summed E-state index contributed by atoms with van der Waals surface area (Å²) in [5.74, 6) is 0.952. The van der Waals surface area contributed by atoms with E-state index in [0.717, 1.165) is 6.54 Å². The molecule has 0 aliphatic rings. The van der Waals surface area contributed by atoms with E-state index in [9.17, 15) is 0 Å². The van der Waals surface area contributed by atoms with E-state index in [4.69, 9.17) is 11.0 Å². The van der Waals surface area contributed by atoms with Crippen LogP contribution >= 0.6 is 0 Å². The predicted molar refractivity (Wildman–Crippen MR) is 46.5 cm³/mol. The number of nitrogens with one attached hydrogen (secondary N) is 1. The van der Waals surface area contributed by atoms with Gasteiger partial charge in [0.05, 0.1) is 0 Å². The first kappa shape index (κ1) is 8.40. The largest absolute Gasteiger partial charge is 0.383 e. The number of nitrogens with two attached hydrogens (primary N) is 1. The van der Waals surface area contributed by atoms with Gasteiger partial charge in [-0.15, -0.1) is 0 Å². The van der Waals surface area contributed by atoms with Crippen molar-refractivity contribution in [2.24, 2.45) is 7.05 Å². The average molecular weight is 165 g/mol. The Labute approximate surface area is 70.8 Å². The van der Waals surface area contributed by atoms with Crippen LogP contribution < -0.4 is 11.1 Å². The van der Waals surface area contributed by atoms with Crippen LogP contribution in [0.25, 0.3) is 0 Å². The molecule has 5 heteroatoms. The molecule has 0 aliphatic heterocycles. The molecule has 0 fully saturated rings. The molecule has 1 aromatic heterocycles. The fourth-order valence-electron chi connectivity index (χ4n) is 0.938. The Bertz CT molecular complexity index is 319. The Morgan fingerprint density at radius 2 is 2.42 bits per heavy atom. The Hall–Kier alpha value is -1.70. The SMILES string of the molecule is CCNc1nn(C)c(N)c1C#N. The molecule has 0 aliphatic carbocycles. The molecule has 1 aromatic rings. The summed E-state index contributed by atoms with van der Waals surface area (Å²) in [6, 6.07) is 2.00. The van der Waals surface area contributed by atoms with Crippen LogP contribution in [0.5, 0.6) is 0 Å². The summed E-state index contributed by atoms with van der Waals surface area (Å²) in [4.78, 5) is 0. The van der Waals surface area contributed by atoms with Crippen LogP contribution in [0.3, 0.4) is 0 Å². The molecule has 3 N–H and O–H groups in total. The van der Waals surface area contributed by atoms with Crippen molar-refractivity contribution in [3.8, 4) is 6.07 Å². The lowest BCUT2D eigenvalue weighted by Gasteiger charge is -1.95. The summed E-state index contributed by atoms with van der Waals surface area (Å²) in [5.41, 5.74) is 6.00. The van der Waals surface area contributed by atoms with E-state index in [-0.39, 0.29) is 0 Å². The Morgan fingerprint density at radius 3 is 2.92 bits per heavy atom. The Morgan fingerprint density at radius 1 is 1.75 bits per heavy atom. The molecular formula is C7H11N5. The van der Waals surface area contributed by atoms with Crippen LogP contribution in [0.15, 0.2) is 0 Å².